The molecule has 2 unspecified atom stereocenters. The summed E-state index contributed by atoms with van der Waals surface area (Å²) in [5.74, 6) is 1.56. The average Bonchev–Trinajstić information content (AvgIpc) is 2.92. The number of phenolic OH excluding ortho intramolecular Hbond substituents is 4. The number of nitrogens with zero attached hydrogens (tertiary/aromatic N) is 3. The molecule has 4 rings (SSSR count). The lowest BCUT2D eigenvalue weighted by Crippen LogP contribution is -2.28. The first kappa shape index (κ1) is 28.4. The number of carboxylic acids is 1. The van der Waals surface area contributed by atoms with Crippen LogP contribution in [0.4, 0.5) is 0 Å². The number of hydrogen-bond acceptors (Lipinski definition) is 13. The van der Waals surface area contributed by atoms with Crippen molar-refractivity contribution in [3.8, 4) is 68.7 Å². The van der Waals surface area contributed by atoms with Crippen LogP contribution in [0.15, 0.2) is 54.6 Å². The number of hydrogen-bond donors (Lipinski definition) is 6. The van der Waals surface area contributed by atoms with Crippen LogP contribution in [0.5, 0.6) is 34.5 Å². The van der Waals surface area contributed by atoms with Gasteiger partial charge in [0.15, 0.2) is 29.7 Å². The van der Waals surface area contributed by atoms with Gasteiger partial charge in [-0.1, -0.05) is 0 Å². The number of carbonyl (C=O) groups is 2. The molecule has 0 aliphatic rings. The Balaban J connectivity index is 1.81. The highest BCUT2D eigenvalue weighted by Gasteiger charge is 2.21. The van der Waals surface area contributed by atoms with E-state index < -0.39 is 24.1 Å². The monoisotopic (exact) mass is 564 g/mol. The largest absolute Gasteiger partial charge is 0.508 e. The molecule has 0 bridgehead atoms. The third kappa shape index (κ3) is 6.34. The van der Waals surface area contributed by atoms with Gasteiger partial charge in [0.1, 0.15) is 34.5 Å². The lowest BCUT2D eigenvalue weighted by atomic mass is 10.1. The van der Waals surface area contributed by atoms with E-state index in [1.807, 2.05) is 0 Å². The van der Waals surface area contributed by atoms with Crippen LogP contribution in [-0.4, -0.2) is 64.6 Å². The zero-order chi connectivity index (χ0) is 29.8. The van der Waals surface area contributed by atoms with E-state index in [9.17, 15) is 30.0 Å². The molecule has 14 nitrogen and oxygen atoms in total. The molecule has 0 aliphatic heterocycles. The number of benzene rings is 3. The van der Waals surface area contributed by atoms with E-state index in [0.717, 1.165) is 6.07 Å². The van der Waals surface area contributed by atoms with Crippen LogP contribution in [0.3, 0.4) is 0 Å². The van der Waals surface area contributed by atoms with E-state index in [1.54, 1.807) is 0 Å². The first-order valence-corrected chi connectivity index (χ1v) is 11.9. The standard InChI is InChI=1S/C27H24N4O10/c1-12(26(36)37)39-15-4-7-18(21(34)10-15)24-29-23(17-6-3-14(32)9-20(17)33)30-25(31-24)19-8-5-16(11-22(19)35)40-13(2)27(38)41-28/h3-13,32-35H,28H2,1-2H3,(H,36,37). The summed E-state index contributed by atoms with van der Waals surface area (Å²) in [6.45, 7) is 2.73. The van der Waals surface area contributed by atoms with E-state index in [-0.39, 0.29) is 68.7 Å². The quantitative estimate of drug-likeness (QED) is 0.161. The maximum Gasteiger partial charge on any atom is 0.365 e. The van der Waals surface area contributed by atoms with Crippen molar-refractivity contribution in [1.29, 1.82) is 0 Å². The highest BCUT2D eigenvalue weighted by atomic mass is 16.7. The molecule has 0 spiro atoms. The van der Waals surface area contributed by atoms with Crippen molar-refractivity contribution in [3.63, 3.8) is 0 Å². The molecule has 0 saturated heterocycles. The molecular formula is C27H24N4O10. The fourth-order valence-corrected chi connectivity index (χ4v) is 3.60. The second-order valence-corrected chi connectivity index (χ2v) is 8.66. The normalized spacial score (nSPS) is 12.3. The van der Waals surface area contributed by atoms with Gasteiger partial charge in [-0.15, -0.1) is 0 Å². The van der Waals surface area contributed by atoms with Gasteiger partial charge < -0.3 is 39.8 Å². The molecule has 0 radical (unpaired) electrons. The van der Waals surface area contributed by atoms with Gasteiger partial charge >= 0.3 is 11.9 Å². The molecule has 212 valence electrons. The Morgan fingerprint density at radius 1 is 0.683 bits per heavy atom. The topological polar surface area (TPSA) is 228 Å². The zero-order valence-corrected chi connectivity index (χ0v) is 21.5. The number of nitrogens with two attached hydrogens (primary N) is 1. The minimum absolute atomic E-state index is 0.0687. The Hall–Kier alpha value is -5.63. The summed E-state index contributed by atoms with van der Waals surface area (Å²) in [6.07, 6.45) is -2.24. The number of ether oxygens (including phenoxy) is 2. The molecule has 14 heteroatoms. The van der Waals surface area contributed by atoms with E-state index >= 15 is 0 Å². The van der Waals surface area contributed by atoms with E-state index in [2.05, 4.69) is 19.8 Å². The molecule has 2 atom stereocenters. The van der Waals surface area contributed by atoms with Gasteiger partial charge in [0.25, 0.3) is 0 Å². The third-order valence-corrected chi connectivity index (χ3v) is 5.70. The SMILES string of the molecule is CC(Oc1ccc(-c2nc(-c3ccc(O)cc3O)nc(-c3ccc(OC(C)C(=O)ON)cc3O)n2)c(O)c1)C(=O)O. The van der Waals surface area contributed by atoms with Crippen molar-refractivity contribution in [1.82, 2.24) is 15.0 Å². The summed E-state index contributed by atoms with van der Waals surface area (Å²) in [6, 6.07) is 11.8. The Kier molecular flexibility index (Phi) is 8.05. The van der Waals surface area contributed by atoms with Crippen molar-refractivity contribution in [2.45, 2.75) is 26.1 Å². The van der Waals surface area contributed by atoms with Crippen molar-refractivity contribution < 1.29 is 49.4 Å². The van der Waals surface area contributed by atoms with Crippen LogP contribution in [0.25, 0.3) is 34.2 Å². The van der Waals surface area contributed by atoms with Crippen LogP contribution in [-0.2, 0) is 14.4 Å². The maximum absolute atomic E-state index is 11.6. The van der Waals surface area contributed by atoms with Crippen LogP contribution < -0.4 is 15.4 Å². The highest BCUT2D eigenvalue weighted by Crippen LogP contribution is 2.37. The second kappa shape index (κ2) is 11.6. The Morgan fingerprint density at radius 2 is 1.10 bits per heavy atom. The molecule has 1 heterocycles. The van der Waals surface area contributed by atoms with Crippen molar-refractivity contribution in [2.24, 2.45) is 5.90 Å². The summed E-state index contributed by atoms with van der Waals surface area (Å²) < 4.78 is 10.7. The highest BCUT2D eigenvalue weighted by molar-refractivity contribution is 5.76. The predicted molar refractivity (Wildman–Crippen MR) is 141 cm³/mol. The van der Waals surface area contributed by atoms with Gasteiger partial charge in [-0.25, -0.2) is 24.5 Å². The van der Waals surface area contributed by atoms with Crippen molar-refractivity contribution in [2.75, 3.05) is 0 Å². The van der Waals surface area contributed by atoms with Gasteiger partial charge in [-0.05, 0) is 50.2 Å². The van der Waals surface area contributed by atoms with Crippen molar-refractivity contribution in [3.05, 3.63) is 54.6 Å². The Labute approximate surface area is 231 Å². The van der Waals surface area contributed by atoms with Crippen LogP contribution in [0.2, 0.25) is 0 Å². The summed E-state index contributed by atoms with van der Waals surface area (Å²) in [7, 11) is 0. The molecule has 1 aromatic heterocycles. The lowest BCUT2D eigenvalue weighted by molar-refractivity contribution is -0.151. The predicted octanol–water partition coefficient (Wildman–Crippen LogP) is 2.73. The summed E-state index contributed by atoms with van der Waals surface area (Å²) >= 11 is 0. The fraction of sp³-hybridized carbons (Fsp3) is 0.148. The van der Waals surface area contributed by atoms with Gasteiger partial charge in [-0.2, -0.15) is 5.90 Å². The molecule has 0 saturated carbocycles. The number of aliphatic carboxylic acids is 1. The Morgan fingerprint density at radius 3 is 1.49 bits per heavy atom. The number of carbonyl (C=O) groups excluding carboxylic acids is 1. The van der Waals surface area contributed by atoms with Crippen LogP contribution in [0.1, 0.15) is 13.8 Å². The molecule has 0 fully saturated rings. The number of rotatable bonds is 9. The number of aromatic nitrogens is 3. The molecule has 3 aromatic carbocycles. The van der Waals surface area contributed by atoms with E-state index in [0.29, 0.717) is 0 Å². The first-order valence-electron chi connectivity index (χ1n) is 11.9. The number of aromatic hydroxyl groups is 4. The number of carboxylic acid groups (broad SMARTS) is 1. The molecule has 4 aromatic rings. The maximum atomic E-state index is 11.6. The molecular weight excluding hydrogens is 540 g/mol. The Bertz CT molecular complexity index is 1630. The average molecular weight is 565 g/mol. The lowest BCUT2D eigenvalue weighted by Gasteiger charge is -2.14. The fourth-order valence-electron chi connectivity index (χ4n) is 3.60. The summed E-state index contributed by atoms with van der Waals surface area (Å²) in [5.41, 5.74) is 0.303. The molecule has 0 amide bonds. The zero-order valence-electron chi connectivity index (χ0n) is 21.5. The van der Waals surface area contributed by atoms with E-state index in [1.165, 1.54) is 62.4 Å². The first-order chi connectivity index (χ1) is 19.5. The van der Waals surface area contributed by atoms with E-state index in [4.69, 9.17) is 20.5 Å². The second-order valence-electron chi connectivity index (χ2n) is 8.66. The van der Waals surface area contributed by atoms with Gasteiger partial charge in [0, 0.05) is 18.2 Å². The smallest absolute Gasteiger partial charge is 0.365 e. The molecule has 41 heavy (non-hydrogen) atoms. The third-order valence-electron chi connectivity index (χ3n) is 5.70. The van der Waals surface area contributed by atoms with Gasteiger partial charge in [0.2, 0.25) is 0 Å². The van der Waals surface area contributed by atoms with Crippen molar-refractivity contribution >= 4 is 11.9 Å². The van der Waals surface area contributed by atoms with Gasteiger partial charge in [0.05, 0.1) is 16.7 Å². The molecule has 0 aliphatic carbocycles. The molecule has 7 N–H and O–H groups in total. The van der Waals surface area contributed by atoms with Crippen LogP contribution in [0, 0.1) is 0 Å². The van der Waals surface area contributed by atoms with Gasteiger partial charge in [-0.3, -0.25) is 0 Å². The summed E-state index contributed by atoms with van der Waals surface area (Å²) in [5, 5.41) is 50.7. The number of phenols is 4. The minimum atomic E-state index is -1.20. The summed E-state index contributed by atoms with van der Waals surface area (Å²) in [4.78, 5) is 39.9. The van der Waals surface area contributed by atoms with Crippen LogP contribution >= 0.6 is 0 Å². The minimum Gasteiger partial charge on any atom is -0.508 e.